The molecule has 1 N–H and O–H groups in total. The van der Waals surface area contributed by atoms with Gasteiger partial charge in [-0.05, 0) is 42.0 Å². The number of methoxy groups -OCH3 is 2. The van der Waals surface area contributed by atoms with Gasteiger partial charge in [0.2, 0.25) is 5.13 Å². The number of nitrogens with one attached hydrogen (secondary N) is 1. The largest absolute Gasteiger partial charge is 0.497 e. The fourth-order valence-electron chi connectivity index (χ4n) is 3.03. The minimum atomic E-state index is 0.714. The molecule has 0 spiro atoms. The Hall–Kier alpha value is -3.64. The van der Waals surface area contributed by atoms with E-state index in [9.17, 15) is 0 Å². The van der Waals surface area contributed by atoms with Gasteiger partial charge in [-0.3, -0.25) is 5.43 Å². The van der Waals surface area contributed by atoms with Crippen LogP contribution in [0.15, 0.2) is 84.0 Å². The molecule has 1 heterocycles. The number of benzene rings is 3. The van der Waals surface area contributed by atoms with E-state index in [1.54, 1.807) is 31.8 Å². The second-order valence-electron chi connectivity index (χ2n) is 6.40. The van der Waals surface area contributed by atoms with Crippen LogP contribution in [0.3, 0.4) is 0 Å². The number of thiazole rings is 1. The average molecular weight is 416 g/mol. The third-order valence-electron chi connectivity index (χ3n) is 4.53. The van der Waals surface area contributed by atoms with Gasteiger partial charge in [0, 0.05) is 11.1 Å². The second-order valence-corrected chi connectivity index (χ2v) is 7.40. The lowest BCUT2D eigenvalue weighted by Crippen LogP contribution is -1.93. The molecule has 0 aliphatic carbocycles. The van der Waals surface area contributed by atoms with Crippen LogP contribution in [0.2, 0.25) is 0 Å². The number of hydrazone groups is 1. The maximum Gasteiger partial charge on any atom is 0.204 e. The molecule has 0 fully saturated rings. The number of hydrogen-bond donors (Lipinski definition) is 1. The van der Waals surface area contributed by atoms with Gasteiger partial charge in [-0.2, -0.15) is 5.10 Å². The van der Waals surface area contributed by atoms with Gasteiger partial charge in [0.15, 0.2) is 0 Å². The van der Waals surface area contributed by atoms with Crippen LogP contribution >= 0.6 is 11.3 Å². The van der Waals surface area contributed by atoms with Crippen molar-refractivity contribution in [1.82, 2.24) is 4.98 Å². The van der Waals surface area contributed by atoms with E-state index in [2.05, 4.69) is 22.7 Å². The van der Waals surface area contributed by atoms with Crippen molar-refractivity contribution in [3.63, 3.8) is 0 Å². The first kappa shape index (κ1) is 19.7. The van der Waals surface area contributed by atoms with Crippen LogP contribution in [0.25, 0.3) is 21.7 Å². The van der Waals surface area contributed by atoms with E-state index in [-0.39, 0.29) is 0 Å². The van der Waals surface area contributed by atoms with Crippen LogP contribution in [0, 0.1) is 0 Å². The van der Waals surface area contributed by atoms with Crippen LogP contribution in [-0.2, 0) is 0 Å². The molecule has 0 amide bonds. The van der Waals surface area contributed by atoms with E-state index in [4.69, 9.17) is 14.5 Å². The number of rotatable bonds is 7. The Balaban J connectivity index is 1.65. The van der Waals surface area contributed by atoms with Crippen LogP contribution in [-0.4, -0.2) is 25.4 Å². The van der Waals surface area contributed by atoms with Crippen molar-refractivity contribution in [2.24, 2.45) is 5.10 Å². The fourth-order valence-corrected chi connectivity index (χ4v) is 3.97. The van der Waals surface area contributed by atoms with Gasteiger partial charge < -0.3 is 9.47 Å². The minimum absolute atomic E-state index is 0.714. The predicted molar refractivity (Wildman–Crippen MR) is 124 cm³/mol. The molecule has 6 heteroatoms. The maximum atomic E-state index is 5.36. The maximum absolute atomic E-state index is 5.36. The number of nitrogens with zero attached hydrogens (tertiary/aromatic N) is 2. The first-order chi connectivity index (χ1) is 14.8. The molecular weight excluding hydrogens is 394 g/mol. The van der Waals surface area contributed by atoms with Crippen LogP contribution < -0.4 is 14.9 Å². The number of ether oxygens (including phenoxy) is 2. The minimum Gasteiger partial charge on any atom is -0.497 e. The summed E-state index contributed by atoms with van der Waals surface area (Å²) in [6.45, 7) is 0. The average Bonchev–Trinajstić information content (AvgIpc) is 3.24. The molecule has 3 aromatic carbocycles. The van der Waals surface area contributed by atoms with Crippen molar-refractivity contribution in [3.05, 3.63) is 84.4 Å². The van der Waals surface area contributed by atoms with Crippen molar-refractivity contribution in [2.45, 2.75) is 0 Å². The first-order valence-corrected chi connectivity index (χ1v) is 10.2. The first-order valence-electron chi connectivity index (χ1n) is 9.41. The van der Waals surface area contributed by atoms with Gasteiger partial charge in [-0.1, -0.05) is 53.8 Å². The van der Waals surface area contributed by atoms with Crippen LogP contribution in [0.5, 0.6) is 11.5 Å². The van der Waals surface area contributed by atoms with Gasteiger partial charge in [0.1, 0.15) is 11.5 Å². The molecule has 0 aliphatic heterocycles. The Morgan fingerprint density at radius 2 is 1.57 bits per heavy atom. The summed E-state index contributed by atoms with van der Waals surface area (Å²) in [4.78, 5) is 5.89. The van der Waals surface area contributed by atoms with E-state index in [0.29, 0.717) is 5.13 Å². The van der Waals surface area contributed by atoms with Crippen LogP contribution in [0.4, 0.5) is 5.13 Å². The van der Waals surface area contributed by atoms with Crippen molar-refractivity contribution in [2.75, 3.05) is 19.6 Å². The lowest BCUT2D eigenvalue weighted by molar-refractivity contribution is 0.414. The molecule has 4 rings (SSSR count). The van der Waals surface area contributed by atoms with E-state index >= 15 is 0 Å². The number of aromatic nitrogens is 1. The summed E-state index contributed by atoms with van der Waals surface area (Å²) in [5.41, 5.74) is 7.00. The summed E-state index contributed by atoms with van der Waals surface area (Å²) < 4.78 is 10.6. The lowest BCUT2D eigenvalue weighted by Gasteiger charge is -2.04. The fraction of sp³-hybridized carbons (Fsp3) is 0.0833. The summed E-state index contributed by atoms with van der Waals surface area (Å²) in [7, 11) is 3.31. The molecule has 0 aliphatic rings. The highest BCUT2D eigenvalue weighted by atomic mass is 32.1. The van der Waals surface area contributed by atoms with Crippen molar-refractivity contribution in [3.8, 4) is 33.2 Å². The smallest absolute Gasteiger partial charge is 0.204 e. The standard InChI is InChI=1S/C24H21N3O2S/c1-28-20-14-12-17(13-15-20)22-23(18-8-4-3-5-9-18)30-24(26-22)27-25-16-19-10-6-7-11-21(19)29-2/h3-16H,1-2H3,(H,26,27). The van der Waals surface area contributed by atoms with Crippen LogP contribution in [0.1, 0.15) is 5.56 Å². The quantitative estimate of drug-likeness (QED) is 0.300. The lowest BCUT2D eigenvalue weighted by atomic mass is 10.1. The topological polar surface area (TPSA) is 55.7 Å². The summed E-state index contributed by atoms with van der Waals surface area (Å²) in [6.07, 6.45) is 1.73. The second kappa shape index (κ2) is 9.24. The monoisotopic (exact) mass is 415 g/mol. The molecule has 0 saturated carbocycles. The van der Waals surface area contributed by atoms with Gasteiger partial charge in [-0.15, -0.1) is 0 Å². The highest BCUT2D eigenvalue weighted by Crippen LogP contribution is 2.39. The molecule has 0 atom stereocenters. The third kappa shape index (κ3) is 4.34. The molecule has 5 nitrogen and oxygen atoms in total. The molecule has 0 unspecified atom stereocenters. The van der Waals surface area contributed by atoms with E-state index in [1.807, 2.05) is 66.7 Å². The zero-order chi connectivity index (χ0) is 20.8. The van der Waals surface area contributed by atoms with E-state index in [0.717, 1.165) is 38.8 Å². The number of hydrogen-bond acceptors (Lipinski definition) is 6. The SMILES string of the molecule is COc1ccc(-c2nc(NN=Cc3ccccc3OC)sc2-c2ccccc2)cc1. The number of para-hydroxylation sites is 1. The Kier molecular flexibility index (Phi) is 6.06. The predicted octanol–water partition coefficient (Wildman–Crippen LogP) is 5.94. The Labute approximate surface area is 179 Å². The summed E-state index contributed by atoms with van der Waals surface area (Å²) >= 11 is 1.56. The van der Waals surface area contributed by atoms with Gasteiger partial charge in [0.05, 0.1) is 31.0 Å². The Morgan fingerprint density at radius 3 is 2.30 bits per heavy atom. The normalized spacial score (nSPS) is 10.9. The summed E-state index contributed by atoms with van der Waals surface area (Å²) in [5.74, 6) is 1.58. The Morgan fingerprint density at radius 1 is 0.833 bits per heavy atom. The highest BCUT2D eigenvalue weighted by Gasteiger charge is 2.15. The van der Waals surface area contributed by atoms with Gasteiger partial charge in [-0.25, -0.2) is 4.98 Å². The van der Waals surface area contributed by atoms with Crippen molar-refractivity contribution >= 4 is 22.7 Å². The summed E-state index contributed by atoms with van der Waals surface area (Å²) in [5, 5.41) is 5.08. The highest BCUT2D eigenvalue weighted by molar-refractivity contribution is 7.19. The van der Waals surface area contributed by atoms with E-state index in [1.165, 1.54) is 0 Å². The summed E-state index contributed by atoms with van der Waals surface area (Å²) in [6, 6.07) is 25.9. The van der Waals surface area contributed by atoms with Gasteiger partial charge in [0.25, 0.3) is 0 Å². The molecule has 150 valence electrons. The van der Waals surface area contributed by atoms with Crippen molar-refractivity contribution in [1.29, 1.82) is 0 Å². The van der Waals surface area contributed by atoms with Crippen molar-refractivity contribution < 1.29 is 9.47 Å². The van der Waals surface area contributed by atoms with E-state index < -0.39 is 0 Å². The molecule has 30 heavy (non-hydrogen) atoms. The number of anilines is 1. The third-order valence-corrected chi connectivity index (χ3v) is 5.54. The Bertz CT molecular complexity index is 1140. The molecule has 0 bridgehead atoms. The zero-order valence-electron chi connectivity index (χ0n) is 16.7. The molecule has 0 radical (unpaired) electrons. The molecule has 4 aromatic rings. The molecule has 1 aromatic heterocycles. The molecular formula is C24H21N3O2S. The van der Waals surface area contributed by atoms with Gasteiger partial charge >= 0.3 is 0 Å². The molecule has 0 saturated heterocycles. The zero-order valence-corrected chi connectivity index (χ0v) is 17.5.